The molecular formula is C12H18O2. The second kappa shape index (κ2) is 5.13. The maximum absolute atomic E-state index is 9.05. The zero-order valence-electron chi connectivity index (χ0n) is 8.83. The summed E-state index contributed by atoms with van der Waals surface area (Å²) in [4.78, 5) is 0. The van der Waals surface area contributed by atoms with Gasteiger partial charge in [-0.2, -0.15) is 0 Å². The van der Waals surface area contributed by atoms with E-state index >= 15 is 0 Å². The first-order chi connectivity index (χ1) is 6.71. The number of hydrogen-bond acceptors (Lipinski definition) is 2. The average Bonchev–Trinajstić information content (AvgIpc) is 2.27. The van der Waals surface area contributed by atoms with E-state index in [0.29, 0.717) is 5.92 Å². The van der Waals surface area contributed by atoms with Gasteiger partial charge in [-0.3, -0.25) is 0 Å². The molecule has 0 aliphatic heterocycles. The Morgan fingerprint density at radius 1 is 1.07 bits per heavy atom. The molecule has 0 fully saturated rings. The van der Waals surface area contributed by atoms with E-state index in [0.717, 1.165) is 17.5 Å². The maximum Gasteiger partial charge on any atom is 0.0682 e. The first kappa shape index (κ1) is 11.2. The molecular weight excluding hydrogens is 176 g/mol. The lowest BCUT2D eigenvalue weighted by Crippen LogP contribution is -1.97. The summed E-state index contributed by atoms with van der Waals surface area (Å²) in [7, 11) is 0. The largest absolute Gasteiger partial charge is 0.392 e. The van der Waals surface area contributed by atoms with Gasteiger partial charge in [0.15, 0.2) is 0 Å². The third-order valence-corrected chi connectivity index (χ3v) is 2.62. The fourth-order valence-corrected chi connectivity index (χ4v) is 1.49. The zero-order chi connectivity index (χ0) is 10.6. The first-order valence-electron chi connectivity index (χ1n) is 5.05. The van der Waals surface area contributed by atoms with Gasteiger partial charge in [0, 0.05) is 0 Å². The second-order valence-electron chi connectivity index (χ2n) is 3.71. The third kappa shape index (κ3) is 2.56. The lowest BCUT2D eigenvalue weighted by atomic mass is 9.95. The molecule has 0 saturated carbocycles. The predicted octanol–water partition coefficient (Wildman–Crippen LogP) is 2.18. The maximum atomic E-state index is 9.05. The van der Waals surface area contributed by atoms with Crippen LogP contribution in [0, 0.1) is 0 Å². The molecule has 1 unspecified atom stereocenters. The number of benzene rings is 1. The molecule has 2 N–H and O–H groups in total. The van der Waals surface area contributed by atoms with Crippen molar-refractivity contribution in [1.82, 2.24) is 0 Å². The van der Waals surface area contributed by atoms with Crippen molar-refractivity contribution in [3.8, 4) is 0 Å². The summed E-state index contributed by atoms with van der Waals surface area (Å²) in [6, 6.07) is 5.85. The molecule has 78 valence electrons. The highest BCUT2D eigenvalue weighted by Crippen LogP contribution is 2.21. The summed E-state index contributed by atoms with van der Waals surface area (Å²) < 4.78 is 0. The minimum absolute atomic E-state index is 0.0390. The van der Waals surface area contributed by atoms with Crippen LogP contribution in [-0.2, 0) is 13.2 Å². The van der Waals surface area contributed by atoms with Crippen LogP contribution in [0.1, 0.15) is 42.9 Å². The minimum Gasteiger partial charge on any atom is -0.392 e. The molecule has 0 spiro atoms. The molecule has 14 heavy (non-hydrogen) atoms. The van der Waals surface area contributed by atoms with Crippen LogP contribution in [0.15, 0.2) is 18.2 Å². The molecule has 2 nitrogen and oxygen atoms in total. The molecule has 1 rings (SSSR count). The van der Waals surface area contributed by atoms with E-state index in [4.69, 9.17) is 10.2 Å². The van der Waals surface area contributed by atoms with E-state index in [1.807, 2.05) is 18.2 Å². The zero-order valence-corrected chi connectivity index (χ0v) is 8.83. The molecule has 0 saturated heterocycles. The van der Waals surface area contributed by atoms with E-state index in [-0.39, 0.29) is 13.2 Å². The minimum atomic E-state index is 0.0390. The van der Waals surface area contributed by atoms with Crippen molar-refractivity contribution in [1.29, 1.82) is 0 Å². The van der Waals surface area contributed by atoms with Crippen molar-refractivity contribution in [2.75, 3.05) is 0 Å². The van der Waals surface area contributed by atoms with Crippen LogP contribution in [0.3, 0.4) is 0 Å². The van der Waals surface area contributed by atoms with Gasteiger partial charge in [-0.05, 0) is 29.0 Å². The Morgan fingerprint density at radius 2 is 1.57 bits per heavy atom. The quantitative estimate of drug-likeness (QED) is 0.771. The van der Waals surface area contributed by atoms with Gasteiger partial charge in [-0.25, -0.2) is 0 Å². The van der Waals surface area contributed by atoms with Crippen LogP contribution in [0.25, 0.3) is 0 Å². The highest BCUT2D eigenvalue weighted by Gasteiger charge is 2.05. The SMILES string of the molecule is CCC(C)c1cc(CO)cc(CO)c1. The second-order valence-corrected chi connectivity index (χ2v) is 3.71. The van der Waals surface area contributed by atoms with Gasteiger partial charge < -0.3 is 10.2 Å². The van der Waals surface area contributed by atoms with Crippen molar-refractivity contribution in [3.63, 3.8) is 0 Å². The molecule has 0 amide bonds. The Labute approximate surface area is 85.2 Å². The van der Waals surface area contributed by atoms with Crippen molar-refractivity contribution >= 4 is 0 Å². The molecule has 0 aromatic heterocycles. The van der Waals surface area contributed by atoms with Gasteiger partial charge in [-0.1, -0.05) is 32.0 Å². The Kier molecular flexibility index (Phi) is 4.11. The Hall–Kier alpha value is -0.860. The van der Waals surface area contributed by atoms with E-state index in [2.05, 4.69) is 13.8 Å². The van der Waals surface area contributed by atoms with Crippen LogP contribution in [0.4, 0.5) is 0 Å². The Bertz CT molecular complexity index is 272. The van der Waals surface area contributed by atoms with E-state index in [9.17, 15) is 0 Å². The highest BCUT2D eigenvalue weighted by atomic mass is 16.3. The van der Waals surface area contributed by atoms with Gasteiger partial charge in [0.25, 0.3) is 0 Å². The van der Waals surface area contributed by atoms with Crippen LogP contribution in [-0.4, -0.2) is 10.2 Å². The van der Waals surface area contributed by atoms with Crippen molar-refractivity contribution in [2.45, 2.75) is 39.4 Å². The molecule has 0 radical (unpaired) electrons. The monoisotopic (exact) mass is 194 g/mol. The van der Waals surface area contributed by atoms with Crippen molar-refractivity contribution in [2.24, 2.45) is 0 Å². The summed E-state index contributed by atoms with van der Waals surface area (Å²) in [5, 5.41) is 18.1. The molecule has 0 bridgehead atoms. The lowest BCUT2D eigenvalue weighted by Gasteiger charge is -2.12. The number of rotatable bonds is 4. The number of hydrogen-bond donors (Lipinski definition) is 2. The third-order valence-electron chi connectivity index (χ3n) is 2.62. The smallest absolute Gasteiger partial charge is 0.0682 e. The van der Waals surface area contributed by atoms with Crippen LogP contribution in [0.2, 0.25) is 0 Å². The number of aliphatic hydroxyl groups is 2. The molecule has 2 heteroatoms. The molecule has 1 aromatic rings. The van der Waals surface area contributed by atoms with E-state index < -0.39 is 0 Å². The standard InChI is InChI=1S/C12H18O2/c1-3-9(2)12-5-10(7-13)4-11(6-12)8-14/h4-6,9,13-14H,3,7-8H2,1-2H3. The first-order valence-corrected chi connectivity index (χ1v) is 5.05. The molecule has 1 aromatic carbocycles. The van der Waals surface area contributed by atoms with Gasteiger partial charge in [0.05, 0.1) is 13.2 Å². The summed E-state index contributed by atoms with van der Waals surface area (Å²) in [5.74, 6) is 0.479. The molecule has 0 aliphatic rings. The topological polar surface area (TPSA) is 40.5 Å². The molecule has 1 atom stereocenters. The lowest BCUT2D eigenvalue weighted by molar-refractivity contribution is 0.275. The van der Waals surface area contributed by atoms with E-state index in [1.54, 1.807) is 0 Å². The van der Waals surface area contributed by atoms with Crippen LogP contribution < -0.4 is 0 Å². The fraction of sp³-hybridized carbons (Fsp3) is 0.500. The fourth-order valence-electron chi connectivity index (χ4n) is 1.49. The summed E-state index contributed by atoms with van der Waals surface area (Å²) >= 11 is 0. The van der Waals surface area contributed by atoms with Crippen molar-refractivity contribution < 1.29 is 10.2 Å². The highest BCUT2D eigenvalue weighted by molar-refractivity contribution is 5.31. The summed E-state index contributed by atoms with van der Waals surface area (Å²) in [6.07, 6.45) is 1.07. The summed E-state index contributed by atoms with van der Waals surface area (Å²) in [6.45, 7) is 4.36. The Balaban J connectivity index is 3.04. The average molecular weight is 194 g/mol. The predicted molar refractivity (Wildman–Crippen MR) is 57.0 cm³/mol. The van der Waals surface area contributed by atoms with Gasteiger partial charge >= 0.3 is 0 Å². The summed E-state index contributed by atoms with van der Waals surface area (Å²) in [5.41, 5.74) is 2.96. The van der Waals surface area contributed by atoms with Crippen LogP contribution in [0.5, 0.6) is 0 Å². The van der Waals surface area contributed by atoms with Gasteiger partial charge in [0.2, 0.25) is 0 Å². The van der Waals surface area contributed by atoms with Gasteiger partial charge in [0.1, 0.15) is 0 Å². The molecule has 0 heterocycles. The van der Waals surface area contributed by atoms with Gasteiger partial charge in [-0.15, -0.1) is 0 Å². The van der Waals surface area contributed by atoms with Crippen molar-refractivity contribution in [3.05, 3.63) is 34.9 Å². The van der Waals surface area contributed by atoms with Crippen LogP contribution >= 0.6 is 0 Å². The Morgan fingerprint density at radius 3 is 1.93 bits per heavy atom. The molecule has 0 aliphatic carbocycles. The van der Waals surface area contributed by atoms with E-state index in [1.165, 1.54) is 5.56 Å². The number of aliphatic hydroxyl groups excluding tert-OH is 2. The normalized spacial score (nSPS) is 12.9.